The molecule has 1 saturated heterocycles. The van der Waals surface area contributed by atoms with Gasteiger partial charge in [-0.25, -0.2) is 0 Å². The highest BCUT2D eigenvalue weighted by atomic mass is 127. The van der Waals surface area contributed by atoms with Gasteiger partial charge >= 0.3 is 0 Å². The summed E-state index contributed by atoms with van der Waals surface area (Å²) in [4.78, 5) is 24.9. The molecule has 6 heteroatoms. The van der Waals surface area contributed by atoms with Crippen LogP contribution in [0.3, 0.4) is 0 Å². The molecule has 112 valence electrons. The minimum absolute atomic E-state index is 0.184. The lowest BCUT2D eigenvalue weighted by atomic mass is 9.85. The first kappa shape index (κ1) is 13.9. The minimum atomic E-state index is -0.223. The second-order valence-electron chi connectivity index (χ2n) is 5.94. The van der Waals surface area contributed by atoms with E-state index >= 15 is 0 Å². The molecule has 3 aliphatic rings. The Morgan fingerprint density at radius 3 is 2.41 bits per heavy atom. The highest BCUT2D eigenvalue weighted by Crippen LogP contribution is 2.52. The molecule has 1 N–H and O–H groups in total. The molecule has 0 aromatic heterocycles. The van der Waals surface area contributed by atoms with Crippen LogP contribution in [0.15, 0.2) is 35.5 Å². The molecular formula is C16H13IN2O3. The predicted molar refractivity (Wildman–Crippen MR) is 88.0 cm³/mol. The number of halogens is 1. The zero-order valence-electron chi connectivity index (χ0n) is 11.5. The van der Waals surface area contributed by atoms with Gasteiger partial charge in [0.1, 0.15) is 5.75 Å². The number of hydrazone groups is 1. The third-order valence-electron chi connectivity index (χ3n) is 4.74. The number of carbonyl (C=O) groups is 2. The van der Waals surface area contributed by atoms with E-state index in [1.54, 1.807) is 18.2 Å². The largest absolute Gasteiger partial charge is 0.507 e. The SMILES string of the molecule is O=C1[C@@H]2[C@H](C(=O)N1N=Cc1ccc(O)c(I)c1)[C@H]1C=C[C@H]2C1. The van der Waals surface area contributed by atoms with Crippen LogP contribution >= 0.6 is 22.6 Å². The Morgan fingerprint density at radius 2 is 1.82 bits per heavy atom. The van der Waals surface area contributed by atoms with E-state index in [9.17, 15) is 14.7 Å². The molecule has 2 aliphatic carbocycles. The smallest absolute Gasteiger partial charge is 0.254 e. The second kappa shape index (κ2) is 4.91. The van der Waals surface area contributed by atoms with Crippen LogP contribution in [-0.4, -0.2) is 28.1 Å². The Morgan fingerprint density at radius 1 is 1.18 bits per heavy atom. The normalized spacial score (nSPS) is 32.5. The van der Waals surface area contributed by atoms with E-state index in [2.05, 4.69) is 17.3 Å². The number of phenolic OH excluding ortho intramolecular Hbond substituents is 1. The van der Waals surface area contributed by atoms with E-state index in [-0.39, 0.29) is 41.2 Å². The zero-order chi connectivity index (χ0) is 15.4. The van der Waals surface area contributed by atoms with E-state index in [0.717, 1.165) is 17.0 Å². The van der Waals surface area contributed by atoms with Crippen LogP contribution in [0, 0.1) is 27.2 Å². The summed E-state index contributed by atoms with van der Waals surface area (Å²) in [5.41, 5.74) is 0.737. The summed E-state index contributed by atoms with van der Waals surface area (Å²) in [5.74, 6) is -0.224. The fraction of sp³-hybridized carbons (Fsp3) is 0.312. The summed E-state index contributed by atoms with van der Waals surface area (Å²) in [7, 11) is 0. The van der Waals surface area contributed by atoms with Crippen LogP contribution in [0.2, 0.25) is 0 Å². The maximum Gasteiger partial charge on any atom is 0.254 e. The number of imide groups is 1. The highest BCUT2D eigenvalue weighted by molar-refractivity contribution is 14.1. The lowest BCUT2D eigenvalue weighted by molar-refractivity contribution is -0.140. The average molecular weight is 408 g/mol. The fourth-order valence-corrected chi connectivity index (χ4v) is 4.27. The lowest BCUT2D eigenvalue weighted by Crippen LogP contribution is -2.28. The molecule has 5 nitrogen and oxygen atoms in total. The van der Waals surface area contributed by atoms with Crippen molar-refractivity contribution in [1.29, 1.82) is 0 Å². The Hall–Kier alpha value is -1.70. The number of rotatable bonds is 2. The van der Waals surface area contributed by atoms with Crippen LogP contribution < -0.4 is 0 Å². The Bertz CT molecular complexity index is 713. The van der Waals surface area contributed by atoms with Gasteiger partial charge in [0.15, 0.2) is 0 Å². The van der Waals surface area contributed by atoms with Crippen molar-refractivity contribution in [2.75, 3.05) is 0 Å². The topological polar surface area (TPSA) is 70.0 Å². The quantitative estimate of drug-likeness (QED) is 0.353. The number of hydrogen-bond acceptors (Lipinski definition) is 4. The minimum Gasteiger partial charge on any atom is -0.507 e. The molecule has 1 aromatic rings. The first-order valence-corrected chi connectivity index (χ1v) is 8.23. The van der Waals surface area contributed by atoms with E-state index in [0.29, 0.717) is 3.57 Å². The monoisotopic (exact) mass is 408 g/mol. The zero-order valence-corrected chi connectivity index (χ0v) is 13.7. The van der Waals surface area contributed by atoms with Gasteiger partial charge in [-0.2, -0.15) is 10.1 Å². The number of fused-ring (bicyclic) bond motifs is 5. The van der Waals surface area contributed by atoms with Crippen LogP contribution in [0.5, 0.6) is 5.75 Å². The van der Waals surface area contributed by atoms with Gasteiger partial charge in [-0.3, -0.25) is 9.59 Å². The standard InChI is InChI=1S/C16H13IN2O3/c17-11-5-8(1-4-12(11)20)7-18-19-15(21)13-9-2-3-10(6-9)14(13)16(19)22/h1-5,7,9-10,13-14,20H,6H2/t9-,10-,13-,14+/m0/s1. The number of carbonyl (C=O) groups excluding carboxylic acids is 2. The van der Waals surface area contributed by atoms with E-state index in [1.165, 1.54) is 6.21 Å². The van der Waals surface area contributed by atoms with Crippen molar-refractivity contribution in [3.63, 3.8) is 0 Å². The molecule has 2 bridgehead atoms. The van der Waals surface area contributed by atoms with Gasteiger partial charge in [0.2, 0.25) is 0 Å². The van der Waals surface area contributed by atoms with Gasteiger partial charge in [-0.05, 0) is 64.6 Å². The Kier molecular flexibility index (Phi) is 3.11. The van der Waals surface area contributed by atoms with Crippen LogP contribution in [-0.2, 0) is 9.59 Å². The van der Waals surface area contributed by atoms with Gasteiger partial charge in [-0.1, -0.05) is 12.2 Å². The molecule has 2 fully saturated rings. The van der Waals surface area contributed by atoms with E-state index in [4.69, 9.17) is 0 Å². The van der Waals surface area contributed by atoms with Gasteiger partial charge in [0.25, 0.3) is 11.8 Å². The maximum absolute atomic E-state index is 12.4. The molecule has 1 aromatic carbocycles. The summed E-state index contributed by atoms with van der Waals surface area (Å²) in [6.07, 6.45) is 6.54. The number of amides is 2. The second-order valence-corrected chi connectivity index (χ2v) is 7.11. The molecule has 0 spiro atoms. The molecule has 4 rings (SSSR count). The molecule has 1 heterocycles. The lowest BCUT2D eigenvalue weighted by Gasteiger charge is -2.13. The average Bonchev–Trinajstić information content (AvgIpc) is 3.16. The summed E-state index contributed by atoms with van der Waals surface area (Å²) in [5, 5.41) is 14.6. The third-order valence-corrected chi connectivity index (χ3v) is 5.61. The van der Waals surface area contributed by atoms with Crippen molar-refractivity contribution in [3.05, 3.63) is 39.5 Å². The first-order valence-electron chi connectivity index (χ1n) is 7.15. The highest BCUT2D eigenvalue weighted by Gasteiger charge is 2.59. The molecule has 4 atom stereocenters. The van der Waals surface area contributed by atoms with Crippen molar-refractivity contribution in [2.24, 2.45) is 28.8 Å². The predicted octanol–water partition coefficient (Wildman–Crippen LogP) is 2.14. The van der Waals surface area contributed by atoms with Crippen LogP contribution in [0.4, 0.5) is 0 Å². The van der Waals surface area contributed by atoms with Crippen LogP contribution in [0.1, 0.15) is 12.0 Å². The van der Waals surface area contributed by atoms with Crippen LogP contribution in [0.25, 0.3) is 0 Å². The van der Waals surface area contributed by atoms with Crippen molar-refractivity contribution in [1.82, 2.24) is 5.01 Å². The van der Waals surface area contributed by atoms with Crippen molar-refractivity contribution in [3.8, 4) is 5.75 Å². The summed E-state index contributed by atoms with van der Waals surface area (Å²) < 4.78 is 0.694. The number of phenols is 1. The summed E-state index contributed by atoms with van der Waals surface area (Å²) in [6.45, 7) is 0. The molecule has 22 heavy (non-hydrogen) atoms. The van der Waals surface area contributed by atoms with Crippen molar-refractivity contribution >= 4 is 40.6 Å². The molecule has 0 radical (unpaired) electrons. The van der Waals surface area contributed by atoms with E-state index in [1.807, 2.05) is 22.6 Å². The maximum atomic E-state index is 12.4. The Balaban J connectivity index is 1.59. The molecular weight excluding hydrogens is 395 g/mol. The first-order chi connectivity index (χ1) is 10.6. The summed E-state index contributed by atoms with van der Waals surface area (Å²) >= 11 is 2.01. The Labute approximate surface area is 140 Å². The molecule has 1 saturated carbocycles. The molecule has 2 amide bonds. The summed E-state index contributed by atoms with van der Waals surface area (Å²) in [6, 6.07) is 5.00. The van der Waals surface area contributed by atoms with Crippen molar-refractivity contribution in [2.45, 2.75) is 6.42 Å². The number of nitrogens with zero attached hydrogens (tertiary/aromatic N) is 2. The number of hydrogen-bond donors (Lipinski definition) is 1. The van der Waals surface area contributed by atoms with Gasteiger partial charge < -0.3 is 5.11 Å². The van der Waals surface area contributed by atoms with E-state index < -0.39 is 0 Å². The van der Waals surface area contributed by atoms with Crippen molar-refractivity contribution < 1.29 is 14.7 Å². The fourth-order valence-electron chi connectivity index (χ4n) is 3.73. The number of allylic oxidation sites excluding steroid dienone is 2. The van der Waals surface area contributed by atoms with Gasteiger partial charge in [0.05, 0.1) is 21.6 Å². The number of benzene rings is 1. The molecule has 0 unspecified atom stereocenters. The molecule has 1 aliphatic heterocycles. The number of aromatic hydroxyl groups is 1. The van der Waals surface area contributed by atoms with Gasteiger partial charge in [0, 0.05) is 0 Å². The third kappa shape index (κ3) is 1.93. The van der Waals surface area contributed by atoms with Gasteiger partial charge in [-0.15, -0.1) is 0 Å².